The number of carbonyl (C=O) groups is 1. The SMILES string of the molecule is COc1cccc(-c2cnc(N)nc2[C@H]2CCCCN2C(=O)Cc2c[nH]c3ccccc23)c1. The molecule has 0 spiro atoms. The summed E-state index contributed by atoms with van der Waals surface area (Å²) in [5, 5.41) is 1.09. The predicted molar refractivity (Wildman–Crippen MR) is 129 cm³/mol. The Labute approximate surface area is 192 Å². The molecule has 2 aromatic carbocycles. The van der Waals surface area contributed by atoms with E-state index in [9.17, 15) is 4.79 Å². The van der Waals surface area contributed by atoms with Crippen LogP contribution in [-0.4, -0.2) is 39.4 Å². The minimum absolute atomic E-state index is 0.0956. The van der Waals surface area contributed by atoms with Crippen LogP contribution in [0.4, 0.5) is 5.95 Å². The average molecular weight is 442 g/mol. The molecule has 0 unspecified atom stereocenters. The van der Waals surface area contributed by atoms with E-state index in [1.54, 1.807) is 13.3 Å². The van der Waals surface area contributed by atoms with Crippen molar-refractivity contribution in [2.75, 3.05) is 19.4 Å². The number of hydrogen-bond acceptors (Lipinski definition) is 5. The van der Waals surface area contributed by atoms with Crippen molar-refractivity contribution in [2.45, 2.75) is 31.7 Å². The minimum Gasteiger partial charge on any atom is -0.497 e. The first kappa shape index (κ1) is 21.0. The number of nitrogen functional groups attached to an aromatic ring is 1. The molecule has 2 aromatic heterocycles. The van der Waals surface area contributed by atoms with Gasteiger partial charge in [0, 0.05) is 35.4 Å². The monoisotopic (exact) mass is 441 g/mol. The van der Waals surface area contributed by atoms with Crippen LogP contribution >= 0.6 is 0 Å². The van der Waals surface area contributed by atoms with Crippen LogP contribution in [0.1, 0.15) is 36.6 Å². The summed E-state index contributed by atoms with van der Waals surface area (Å²) in [4.78, 5) is 27.7. The molecule has 7 nitrogen and oxygen atoms in total. The lowest BCUT2D eigenvalue weighted by molar-refractivity contribution is -0.134. The summed E-state index contributed by atoms with van der Waals surface area (Å²) in [5.74, 6) is 1.07. The first-order valence-electron chi connectivity index (χ1n) is 11.3. The van der Waals surface area contributed by atoms with Crippen molar-refractivity contribution in [2.24, 2.45) is 0 Å². The van der Waals surface area contributed by atoms with Crippen molar-refractivity contribution in [3.05, 3.63) is 72.2 Å². The lowest BCUT2D eigenvalue weighted by Crippen LogP contribution is -2.40. The molecule has 1 fully saturated rings. The lowest BCUT2D eigenvalue weighted by atomic mass is 9.93. The highest BCUT2D eigenvalue weighted by Gasteiger charge is 2.31. The van der Waals surface area contributed by atoms with E-state index in [1.807, 2.05) is 59.6 Å². The molecule has 1 saturated heterocycles. The van der Waals surface area contributed by atoms with Crippen molar-refractivity contribution in [1.29, 1.82) is 0 Å². The van der Waals surface area contributed by atoms with Gasteiger partial charge in [-0.2, -0.15) is 0 Å². The zero-order valence-electron chi connectivity index (χ0n) is 18.6. The first-order chi connectivity index (χ1) is 16.1. The van der Waals surface area contributed by atoms with E-state index in [2.05, 4.69) is 15.0 Å². The van der Waals surface area contributed by atoms with E-state index in [-0.39, 0.29) is 17.9 Å². The maximum absolute atomic E-state index is 13.5. The van der Waals surface area contributed by atoms with Gasteiger partial charge in [-0.25, -0.2) is 9.97 Å². The van der Waals surface area contributed by atoms with E-state index < -0.39 is 0 Å². The number of nitrogens with two attached hydrogens (primary N) is 1. The summed E-state index contributed by atoms with van der Waals surface area (Å²) in [5.41, 5.74) is 10.7. The van der Waals surface area contributed by atoms with Crippen molar-refractivity contribution in [1.82, 2.24) is 19.9 Å². The Hall–Kier alpha value is -3.87. The van der Waals surface area contributed by atoms with E-state index in [4.69, 9.17) is 10.5 Å². The van der Waals surface area contributed by atoms with Gasteiger partial charge >= 0.3 is 0 Å². The zero-order chi connectivity index (χ0) is 22.8. The number of likely N-dealkylation sites (tertiary alicyclic amines) is 1. The van der Waals surface area contributed by atoms with E-state index in [0.29, 0.717) is 13.0 Å². The van der Waals surface area contributed by atoms with E-state index in [0.717, 1.165) is 58.3 Å². The number of para-hydroxylation sites is 1. The van der Waals surface area contributed by atoms with Gasteiger partial charge < -0.3 is 20.4 Å². The van der Waals surface area contributed by atoms with E-state index >= 15 is 0 Å². The number of rotatable bonds is 5. The van der Waals surface area contributed by atoms with Gasteiger partial charge in [0.15, 0.2) is 0 Å². The quantitative estimate of drug-likeness (QED) is 0.475. The van der Waals surface area contributed by atoms with Crippen LogP contribution < -0.4 is 10.5 Å². The van der Waals surface area contributed by atoms with Gasteiger partial charge in [-0.1, -0.05) is 30.3 Å². The molecule has 168 valence electrons. The number of amides is 1. The highest BCUT2D eigenvalue weighted by molar-refractivity contribution is 5.89. The Morgan fingerprint density at radius 3 is 2.97 bits per heavy atom. The molecule has 0 aliphatic carbocycles. The number of H-pyrrole nitrogens is 1. The summed E-state index contributed by atoms with van der Waals surface area (Å²) < 4.78 is 5.41. The Morgan fingerprint density at radius 2 is 2.09 bits per heavy atom. The van der Waals surface area contributed by atoms with Crippen LogP contribution in [0, 0.1) is 0 Å². The minimum atomic E-state index is -0.150. The van der Waals surface area contributed by atoms with Gasteiger partial charge in [0.05, 0.1) is 25.3 Å². The first-order valence-corrected chi connectivity index (χ1v) is 11.3. The van der Waals surface area contributed by atoms with Gasteiger partial charge in [-0.05, 0) is 48.6 Å². The Morgan fingerprint density at radius 1 is 1.21 bits per heavy atom. The number of aromatic nitrogens is 3. The third kappa shape index (κ3) is 4.14. The number of ether oxygens (including phenoxy) is 1. The molecule has 1 aliphatic heterocycles. The molecule has 1 amide bonds. The molecule has 0 saturated carbocycles. The smallest absolute Gasteiger partial charge is 0.227 e. The number of benzene rings is 2. The predicted octanol–water partition coefficient (Wildman–Crippen LogP) is 4.51. The molecule has 3 heterocycles. The third-order valence-corrected chi connectivity index (χ3v) is 6.37. The number of hydrogen-bond donors (Lipinski definition) is 2. The second-order valence-electron chi connectivity index (χ2n) is 8.39. The molecular weight excluding hydrogens is 414 g/mol. The normalized spacial score (nSPS) is 16.2. The molecular formula is C26H27N5O2. The van der Waals surface area contributed by atoms with Crippen LogP contribution in [0.3, 0.4) is 0 Å². The molecule has 33 heavy (non-hydrogen) atoms. The maximum Gasteiger partial charge on any atom is 0.227 e. The fraction of sp³-hybridized carbons (Fsp3) is 0.269. The number of nitrogens with one attached hydrogen (secondary N) is 1. The Bertz CT molecular complexity index is 1300. The summed E-state index contributed by atoms with van der Waals surface area (Å²) >= 11 is 0. The lowest BCUT2D eigenvalue weighted by Gasteiger charge is -2.36. The van der Waals surface area contributed by atoms with Crippen molar-refractivity contribution < 1.29 is 9.53 Å². The molecule has 0 bridgehead atoms. The van der Waals surface area contributed by atoms with Crippen molar-refractivity contribution >= 4 is 22.8 Å². The summed E-state index contributed by atoms with van der Waals surface area (Å²) in [7, 11) is 1.64. The fourth-order valence-corrected chi connectivity index (χ4v) is 4.73. The second-order valence-corrected chi connectivity index (χ2v) is 8.39. The van der Waals surface area contributed by atoms with Crippen LogP contribution in [0.15, 0.2) is 60.9 Å². The van der Waals surface area contributed by atoms with Gasteiger partial charge in [-0.3, -0.25) is 4.79 Å². The average Bonchev–Trinajstić information content (AvgIpc) is 3.26. The van der Waals surface area contributed by atoms with Crippen LogP contribution in [-0.2, 0) is 11.2 Å². The maximum atomic E-state index is 13.5. The largest absolute Gasteiger partial charge is 0.497 e. The second kappa shape index (κ2) is 8.94. The van der Waals surface area contributed by atoms with Crippen molar-refractivity contribution in [3.8, 4) is 16.9 Å². The molecule has 0 radical (unpaired) electrons. The zero-order valence-corrected chi connectivity index (χ0v) is 18.6. The van der Waals surface area contributed by atoms with Crippen LogP contribution in [0.5, 0.6) is 5.75 Å². The van der Waals surface area contributed by atoms with Crippen LogP contribution in [0.2, 0.25) is 0 Å². The number of piperidine rings is 1. The number of anilines is 1. The van der Waals surface area contributed by atoms with Gasteiger partial charge in [0.25, 0.3) is 0 Å². The fourth-order valence-electron chi connectivity index (χ4n) is 4.73. The molecule has 1 atom stereocenters. The standard InChI is InChI=1S/C26H27N5O2/c1-33-19-8-6-7-17(13-19)21-16-29-26(27)30-25(21)23-11-4-5-12-31(23)24(32)14-18-15-28-22-10-3-2-9-20(18)22/h2-3,6-10,13,15-16,23,28H,4-5,11-12,14H2,1H3,(H2,27,29,30)/t23-/m1/s1. The molecule has 1 aliphatic rings. The number of aromatic amines is 1. The van der Waals surface area contributed by atoms with Crippen molar-refractivity contribution in [3.63, 3.8) is 0 Å². The Balaban J connectivity index is 1.50. The number of fused-ring (bicyclic) bond motifs is 1. The van der Waals surface area contributed by atoms with Crippen LogP contribution in [0.25, 0.3) is 22.0 Å². The Kier molecular flexibility index (Phi) is 5.69. The summed E-state index contributed by atoms with van der Waals surface area (Å²) in [6.07, 6.45) is 6.88. The molecule has 4 aromatic rings. The van der Waals surface area contributed by atoms with Gasteiger partial charge in [0.1, 0.15) is 5.75 Å². The number of methoxy groups -OCH3 is 1. The molecule has 7 heteroatoms. The third-order valence-electron chi connectivity index (χ3n) is 6.37. The highest BCUT2D eigenvalue weighted by Crippen LogP contribution is 2.37. The molecule has 5 rings (SSSR count). The van der Waals surface area contributed by atoms with E-state index in [1.165, 1.54) is 0 Å². The van der Waals surface area contributed by atoms with Gasteiger partial charge in [0.2, 0.25) is 11.9 Å². The number of carbonyl (C=O) groups excluding carboxylic acids is 1. The summed E-state index contributed by atoms with van der Waals surface area (Å²) in [6, 6.07) is 15.7. The summed E-state index contributed by atoms with van der Waals surface area (Å²) in [6.45, 7) is 0.702. The number of nitrogens with zero attached hydrogens (tertiary/aromatic N) is 3. The highest BCUT2D eigenvalue weighted by atomic mass is 16.5. The van der Waals surface area contributed by atoms with Gasteiger partial charge in [-0.15, -0.1) is 0 Å². The molecule has 3 N–H and O–H groups in total. The topological polar surface area (TPSA) is 97.1 Å².